The van der Waals surface area contributed by atoms with Crippen LogP contribution in [0.1, 0.15) is 25.0 Å². The highest BCUT2D eigenvalue weighted by molar-refractivity contribution is 6.28. The van der Waals surface area contributed by atoms with Gasteiger partial charge in [-0.1, -0.05) is 42.5 Å². The van der Waals surface area contributed by atoms with Gasteiger partial charge < -0.3 is 10.6 Å². The monoisotopic (exact) mass is 361 g/mol. The maximum atomic E-state index is 12.6. The molecule has 0 unspecified atom stereocenters. The summed E-state index contributed by atoms with van der Waals surface area (Å²) in [5.41, 5.74) is 4.26. The van der Waals surface area contributed by atoms with Crippen LogP contribution in [0.2, 0.25) is 0 Å². The Morgan fingerprint density at radius 3 is 2.56 bits per heavy atom. The second kappa shape index (κ2) is 7.91. The van der Waals surface area contributed by atoms with Gasteiger partial charge in [-0.25, -0.2) is 0 Å². The van der Waals surface area contributed by atoms with E-state index < -0.39 is 0 Å². The van der Waals surface area contributed by atoms with Gasteiger partial charge in [0.15, 0.2) is 0 Å². The number of nitrogens with one attached hydrogen (secondary N) is 3. The van der Waals surface area contributed by atoms with Gasteiger partial charge in [-0.05, 0) is 49.1 Å². The number of aryl methyl sites for hydroxylation is 1. The van der Waals surface area contributed by atoms with Crippen molar-refractivity contribution in [2.75, 3.05) is 6.54 Å². The lowest BCUT2D eigenvalue weighted by molar-refractivity contribution is -0.123. The topological polar surface area (TPSA) is 70.2 Å². The highest BCUT2D eigenvalue weighted by atomic mass is 16.2. The molecule has 0 radical (unpaired) electrons. The molecular formula is C22H23N3O2. The van der Waals surface area contributed by atoms with Crippen molar-refractivity contribution in [3.05, 3.63) is 88.4 Å². The molecule has 0 aromatic heterocycles. The number of rotatable bonds is 5. The van der Waals surface area contributed by atoms with Gasteiger partial charge in [-0.2, -0.15) is 0 Å². The van der Waals surface area contributed by atoms with Crippen LogP contribution in [0.15, 0.2) is 77.3 Å². The number of carbonyl (C=O) groups is 2. The van der Waals surface area contributed by atoms with Crippen molar-refractivity contribution in [2.24, 2.45) is 0 Å². The smallest absolute Gasteiger partial charge is 0.259 e. The molecule has 1 aromatic carbocycles. The normalized spacial score (nSPS) is 17.7. The first-order chi connectivity index (χ1) is 13.0. The van der Waals surface area contributed by atoms with E-state index >= 15 is 0 Å². The number of benzene rings is 1. The molecule has 1 aromatic rings. The average molecular weight is 361 g/mol. The van der Waals surface area contributed by atoms with Crippen molar-refractivity contribution < 1.29 is 9.59 Å². The summed E-state index contributed by atoms with van der Waals surface area (Å²) in [6.07, 6.45) is 9.50. The Kier molecular flexibility index (Phi) is 5.41. The third kappa shape index (κ3) is 3.77. The predicted octanol–water partition coefficient (Wildman–Crippen LogP) is 2.85. The highest BCUT2D eigenvalue weighted by Gasteiger charge is 2.33. The fourth-order valence-corrected chi connectivity index (χ4v) is 3.22. The van der Waals surface area contributed by atoms with Gasteiger partial charge in [0, 0.05) is 12.7 Å². The molecule has 0 fully saturated rings. The number of carbonyl (C=O) groups excluding carboxylic acids is 2. The zero-order chi connectivity index (χ0) is 19.4. The number of allylic oxidation sites excluding steroid dienone is 3. The Balaban J connectivity index is 2.03. The summed E-state index contributed by atoms with van der Waals surface area (Å²) >= 11 is 0. The lowest BCUT2D eigenvalue weighted by atomic mass is 9.90. The Morgan fingerprint density at radius 2 is 1.89 bits per heavy atom. The summed E-state index contributed by atoms with van der Waals surface area (Å²) in [5.74, 6) is 0.106. The van der Waals surface area contributed by atoms with E-state index in [1.165, 1.54) is 0 Å². The first-order valence-corrected chi connectivity index (χ1v) is 8.90. The van der Waals surface area contributed by atoms with E-state index in [0.29, 0.717) is 16.7 Å². The molecule has 5 nitrogen and oxygen atoms in total. The lowest BCUT2D eigenvalue weighted by Gasteiger charge is -2.14. The molecule has 0 saturated carbocycles. The van der Waals surface area contributed by atoms with Crippen LogP contribution >= 0.6 is 0 Å². The molecule has 0 atom stereocenters. The Hall–Kier alpha value is -3.34. The maximum absolute atomic E-state index is 12.6. The average Bonchev–Trinajstić information content (AvgIpc) is 2.97. The second-order valence-corrected chi connectivity index (χ2v) is 6.41. The van der Waals surface area contributed by atoms with Gasteiger partial charge in [0.1, 0.15) is 5.82 Å². The lowest BCUT2D eigenvalue weighted by Crippen LogP contribution is -2.25. The van der Waals surface area contributed by atoms with Crippen LogP contribution in [0.25, 0.3) is 5.57 Å². The van der Waals surface area contributed by atoms with Crippen molar-refractivity contribution in [2.45, 2.75) is 20.8 Å². The number of dihydropyridines is 1. The number of hydrogen-bond donors (Lipinski definition) is 3. The quantitative estimate of drug-likeness (QED) is 0.706. The highest BCUT2D eigenvalue weighted by Crippen LogP contribution is 2.33. The summed E-state index contributed by atoms with van der Waals surface area (Å²) in [5, 5.41) is 8.78. The first-order valence-electron chi connectivity index (χ1n) is 8.90. The van der Waals surface area contributed by atoms with Crippen LogP contribution in [0.3, 0.4) is 0 Å². The van der Waals surface area contributed by atoms with E-state index in [-0.39, 0.29) is 11.8 Å². The summed E-state index contributed by atoms with van der Waals surface area (Å²) in [7, 11) is 0. The summed E-state index contributed by atoms with van der Waals surface area (Å²) < 4.78 is 0. The molecule has 2 aliphatic rings. The summed E-state index contributed by atoms with van der Waals surface area (Å²) in [6, 6.07) is 7.84. The van der Waals surface area contributed by atoms with Crippen molar-refractivity contribution in [1.29, 1.82) is 0 Å². The molecule has 27 heavy (non-hydrogen) atoms. The number of hydrogen-bond acceptors (Lipinski definition) is 4. The Bertz CT molecular complexity index is 946. The molecule has 0 aliphatic carbocycles. The van der Waals surface area contributed by atoms with Crippen LogP contribution < -0.4 is 16.0 Å². The largest absolute Gasteiger partial charge is 0.368 e. The Labute approximate surface area is 159 Å². The van der Waals surface area contributed by atoms with E-state index in [2.05, 4.69) is 16.0 Å². The maximum Gasteiger partial charge on any atom is 0.259 e. The summed E-state index contributed by atoms with van der Waals surface area (Å²) in [4.78, 5) is 25.1. The van der Waals surface area contributed by atoms with E-state index in [1.54, 1.807) is 6.20 Å². The molecule has 138 valence electrons. The number of imide groups is 1. The fraction of sp³-hybridized carbons (Fsp3) is 0.182. The molecule has 0 spiro atoms. The first kappa shape index (κ1) is 18.5. The van der Waals surface area contributed by atoms with Crippen molar-refractivity contribution in [3.8, 4) is 0 Å². The van der Waals surface area contributed by atoms with Crippen molar-refractivity contribution in [1.82, 2.24) is 16.0 Å². The minimum absolute atomic E-state index is 0.364. The van der Waals surface area contributed by atoms with Gasteiger partial charge in [-0.3, -0.25) is 14.9 Å². The van der Waals surface area contributed by atoms with E-state index in [9.17, 15) is 9.59 Å². The van der Waals surface area contributed by atoms with E-state index in [0.717, 1.165) is 29.1 Å². The third-order valence-corrected chi connectivity index (χ3v) is 4.57. The minimum Gasteiger partial charge on any atom is -0.368 e. The van der Waals surface area contributed by atoms with E-state index in [4.69, 9.17) is 0 Å². The molecular weight excluding hydrogens is 338 g/mol. The fourth-order valence-electron chi connectivity index (χ4n) is 3.22. The van der Waals surface area contributed by atoms with Gasteiger partial charge in [0.05, 0.1) is 11.1 Å². The van der Waals surface area contributed by atoms with Crippen molar-refractivity contribution >= 4 is 17.4 Å². The minimum atomic E-state index is -0.371. The van der Waals surface area contributed by atoms with Crippen LogP contribution in [-0.2, 0) is 9.59 Å². The van der Waals surface area contributed by atoms with Crippen LogP contribution in [-0.4, -0.2) is 18.4 Å². The third-order valence-electron chi connectivity index (χ3n) is 4.57. The Morgan fingerprint density at radius 1 is 1.15 bits per heavy atom. The number of amides is 2. The van der Waals surface area contributed by atoms with Crippen LogP contribution in [0.5, 0.6) is 0 Å². The van der Waals surface area contributed by atoms with Gasteiger partial charge in [0.2, 0.25) is 0 Å². The molecule has 0 bridgehead atoms. The van der Waals surface area contributed by atoms with E-state index in [1.807, 2.05) is 69.3 Å². The zero-order valence-corrected chi connectivity index (χ0v) is 15.7. The molecule has 2 amide bonds. The van der Waals surface area contributed by atoms with Gasteiger partial charge in [0.25, 0.3) is 11.8 Å². The molecule has 3 N–H and O–H groups in total. The second-order valence-electron chi connectivity index (χ2n) is 6.41. The standard InChI is InChI=1S/C22H23N3O2/c1-4-16(17-10-6-5-9-14(17)2)20-19(21(26)25-22(20)27)15(3)13-24-18-11-7-8-12-23-18/h4-11,13,23-24H,12H2,1-3H3,(H,25,26,27)/b15-13+,16-4+. The molecule has 2 heterocycles. The van der Waals surface area contributed by atoms with Crippen LogP contribution in [0.4, 0.5) is 0 Å². The van der Waals surface area contributed by atoms with Crippen molar-refractivity contribution in [3.63, 3.8) is 0 Å². The predicted molar refractivity (Wildman–Crippen MR) is 107 cm³/mol. The SMILES string of the molecule is C/C=C(C1=C(/C(C)=C/NC2=CC=CCN2)C(=O)NC1=O)\c1ccccc1C. The molecule has 2 aliphatic heterocycles. The zero-order valence-electron chi connectivity index (χ0n) is 15.7. The summed E-state index contributed by atoms with van der Waals surface area (Å²) in [6.45, 7) is 6.44. The van der Waals surface area contributed by atoms with Gasteiger partial charge >= 0.3 is 0 Å². The molecule has 0 saturated heterocycles. The van der Waals surface area contributed by atoms with Crippen LogP contribution in [0, 0.1) is 6.92 Å². The molecule has 3 rings (SSSR count). The molecule has 5 heteroatoms. The van der Waals surface area contributed by atoms with Gasteiger partial charge in [-0.15, -0.1) is 0 Å².